The first kappa shape index (κ1) is 14.0. The van der Waals surface area contributed by atoms with Crippen LogP contribution in [0, 0.1) is 0 Å². The van der Waals surface area contributed by atoms with Gasteiger partial charge in [-0.25, -0.2) is 0 Å². The molecule has 102 valence electrons. The van der Waals surface area contributed by atoms with Crippen LogP contribution in [0.25, 0.3) is 0 Å². The Morgan fingerprint density at radius 1 is 1.47 bits per heavy atom. The molecule has 0 aliphatic rings. The van der Waals surface area contributed by atoms with E-state index in [1.165, 1.54) is 0 Å². The molecule has 2 aromatic rings. The third-order valence-corrected chi connectivity index (χ3v) is 3.73. The lowest BCUT2D eigenvalue weighted by Crippen LogP contribution is -2.25. The van der Waals surface area contributed by atoms with E-state index in [0.29, 0.717) is 11.4 Å². The zero-order chi connectivity index (χ0) is 14.0. The predicted molar refractivity (Wildman–Crippen MR) is 75.1 cm³/mol. The Labute approximate surface area is 118 Å². The molecule has 0 aromatic carbocycles. The molecule has 19 heavy (non-hydrogen) atoms. The summed E-state index contributed by atoms with van der Waals surface area (Å²) in [5.41, 5.74) is 1.45. The van der Waals surface area contributed by atoms with Crippen LogP contribution in [0.2, 0.25) is 5.02 Å². The molecular weight excluding hydrogens is 262 g/mol. The Hall–Kier alpha value is -1.39. The molecule has 2 aromatic heterocycles. The topological polar surface area (TPSA) is 50.9 Å². The van der Waals surface area contributed by atoms with Gasteiger partial charge in [-0.15, -0.1) is 0 Å². The van der Waals surface area contributed by atoms with Crippen LogP contribution >= 0.6 is 11.6 Å². The molecule has 0 amide bonds. The third kappa shape index (κ3) is 2.80. The third-order valence-electron chi connectivity index (χ3n) is 3.30. The van der Waals surface area contributed by atoms with Crippen LogP contribution < -0.4 is 0 Å². The molecule has 0 fully saturated rings. The number of rotatable bonds is 4. The molecule has 0 saturated carbocycles. The molecule has 2 rings (SSSR count). The van der Waals surface area contributed by atoms with Gasteiger partial charge in [0.2, 0.25) is 0 Å². The maximum absolute atomic E-state index is 10.6. The minimum absolute atomic E-state index is 0.404. The monoisotopic (exact) mass is 279 g/mol. The van der Waals surface area contributed by atoms with Crippen molar-refractivity contribution in [2.45, 2.75) is 32.3 Å². The average molecular weight is 280 g/mol. The number of aromatic nitrogens is 3. The van der Waals surface area contributed by atoms with Crippen LogP contribution in [0.1, 0.15) is 30.8 Å². The maximum atomic E-state index is 10.6. The Kier molecular flexibility index (Phi) is 3.92. The van der Waals surface area contributed by atoms with Crippen LogP contribution in [0.3, 0.4) is 0 Å². The van der Waals surface area contributed by atoms with E-state index in [4.69, 9.17) is 11.6 Å². The zero-order valence-electron chi connectivity index (χ0n) is 11.4. The molecule has 0 spiro atoms. The molecule has 2 heterocycles. The summed E-state index contributed by atoms with van der Waals surface area (Å²) < 4.78 is 1.74. The maximum Gasteiger partial charge on any atom is 0.0939 e. The van der Waals surface area contributed by atoms with Crippen molar-refractivity contribution in [2.75, 3.05) is 0 Å². The molecular formula is C14H18ClN3O. The highest BCUT2D eigenvalue weighted by Crippen LogP contribution is 2.29. The van der Waals surface area contributed by atoms with E-state index in [9.17, 15) is 5.11 Å². The lowest BCUT2D eigenvalue weighted by Gasteiger charge is -2.23. The van der Waals surface area contributed by atoms with Crippen LogP contribution in [-0.2, 0) is 25.5 Å². The number of aliphatic hydroxyl groups is 1. The first-order chi connectivity index (χ1) is 8.95. The SMILES string of the molecule is CCc1nn(C)c(CC(C)(O)c2cccnc2)c1Cl. The van der Waals surface area contributed by atoms with E-state index in [-0.39, 0.29) is 0 Å². The van der Waals surface area contributed by atoms with Gasteiger partial charge < -0.3 is 5.11 Å². The van der Waals surface area contributed by atoms with Gasteiger partial charge in [0, 0.05) is 31.4 Å². The van der Waals surface area contributed by atoms with Crippen molar-refractivity contribution in [1.29, 1.82) is 0 Å². The molecule has 0 bridgehead atoms. The lowest BCUT2D eigenvalue weighted by molar-refractivity contribution is 0.0553. The first-order valence-electron chi connectivity index (χ1n) is 6.29. The summed E-state index contributed by atoms with van der Waals surface area (Å²) in [5.74, 6) is 0. The summed E-state index contributed by atoms with van der Waals surface area (Å²) in [6, 6.07) is 3.67. The number of pyridine rings is 1. The van der Waals surface area contributed by atoms with Crippen molar-refractivity contribution in [3.63, 3.8) is 0 Å². The highest BCUT2D eigenvalue weighted by Gasteiger charge is 2.27. The van der Waals surface area contributed by atoms with Gasteiger partial charge in [0.1, 0.15) is 0 Å². The second kappa shape index (κ2) is 5.31. The molecule has 5 heteroatoms. The van der Waals surface area contributed by atoms with Crippen LogP contribution in [0.15, 0.2) is 24.5 Å². The van der Waals surface area contributed by atoms with Gasteiger partial charge in [-0.3, -0.25) is 9.67 Å². The predicted octanol–water partition coefficient (Wildman–Crippen LogP) is 2.48. The number of nitrogens with zero attached hydrogens (tertiary/aromatic N) is 3. The second-order valence-electron chi connectivity index (χ2n) is 4.88. The molecule has 0 aliphatic heterocycles. The molecule has 4 nitrogen and oxygen atoms in total. The van der Waals surface area contributed by atoms with E-state index in [1.54, 1.807) is 24.0 Å². The summed E-state index contributed by atoms with van der Waals surface area (Å²) in [7, 11) is 1.85. The summed E-state index contributed by atoms with van der Waals surface area (Å²) in [4.78, 5) is 4.04. The van der Waals surface area contributed by atoms with E-state index in [2.05, 4.69) is 10.1 Å². The highest BCUT2D eigenvalue weighted by molar-refractivity contribution is 6.31. The summed E-state index contributed by atoms with van der Waals surface area (Å²) >= 11 is 6.31. The van der Waals surface area contributed by atoms with Gasteiger partial charge in [0.25, 0.3) is 0 Å². The minimum Gasteiger partial charge on any atom is -0.385 e. The van der Waals surface area contributed by atoms with E-state index in [0.717, 1.165) is 23.4 Å². The van der Waals surface area contributed by atoms with Gasteiger partial charge in [-0.2, -0.15) is 5.10 Å². The van der Waals surface area contributed by atoms with Crippen molar-refractivity contribution in [2.24, 2.45) is 7.05 Å². The van der Waals surface area contributed by atoms with Crippen molar-refractivity contribution in [1.82, 2.24) is 14.8 Å². The molecule has 1 atom stereocenters. The minimum atomic E-state index is -1.02. The molecule has 0 aliphatic carbocycles. The van der Waals surface area contributed by atoms with E-state index < -0.39 is 5.60 Å². The highest BCUT2D eigenvalue weighted by atomic mass is 35.5. The van der Waals surface area contributed by atoms with E-state index in [1.807, 2.05) is 26.1 Å². The quantitative estimate of drug-likeness (QED) is 0.935. The summed E-state index contributed by atoms with van der Waals surface area (Å²) in [6.45, 7) is 3.77. The van der Waals surface area contributed by atoms with Crippen molar-refractivity contribution >= 4 is 11.6 Å². The fourth-order valence-electron chi connectivity index (χ4n) is 2.12. The fraction of sp³-hybridized carbons (Fsp3) is 0.429. The standard InChI is InChI=1S/C14H18ClN3O/c1-4-11-13(15)12(18(3)17-11)8-14(2,19)10-6-5-7-16-9-10/h5-7,9,19H,4,8H2,1-3H3. The Morgan fingerprint density at radius 2 is 2.21 bits per heavy atom. The van der Waals surface area contributed by atoms with Crippen molar-refractivity contribution < 1.29 is 5.11 Å². The van der Waals surface area contributed by atoms with Gasteiger partial charge in [0.05, 0.1) is 22.0 Å². The lowest BCUT2D eigenvalue weighted by atomic mass is 9.92. The molecule has 0 saturated heterocycles. The smallest absolute Gasteiger partial charge is 0.0939 e. The van der Waals surface area contributed by atoms with Crippen LogP contribution in [-0.4, -0.2) is 19.9 Å². The Bertz CT molecular complexity index is 564. The number of hydrogen-bond acceptors (Lipinski definition) is 3. The number of aryl methyl sites for hydroxylation is 2. The number of hydrogen-bond donors (Lipinski definition) is 1. The van der Waals surface area contributed by atoms with E-state index >= 15 is 0 Å². The number of halogens is 1. The fourth-order valence-corrected chi connectivity index (χ4v) is 2.48. The van der Waals surface area contributed by atoms with Gasteiger partial charge in [-0.1, -0.05) is 24.6 Å². The molecule has 1 unspecified atom stereocenters. The normalized spacial score (nSPS) is 14.4. The molecule has 1 N–H and O–H groups in total. The van der Waals surface area contributed by atoms with Crippen molar-refractivity contribution in [3.05, 3.63) is 46.5 Å². The van der Waals surface area contributed by atoms with Gasteiger partial charge in [0.15, 0.2) is 0 Å². The average Bonchev–Trinajstić information content (AvgIpc) is 2.67. The Balaban J connectivity index is 2.33. The Morgan fingerprint density at radius 3 is 2.74 bits per heavy atom. The van der Waals surface area contributed by atoms with Crippen LogP contribution in [0.5, 0.6) is 0 Å². The molecule has 0 radical (unpaired) electrons. The zero-order valence-corrected chi connectivity index (χ0v) is 12.1. The summed E-state index contributed by atoms with van der Waals surface area (Å²) in [5, 5.41) is 15.6. The second-order valence-corrected chi connectivity index (χ2v) is 5.25. The first-order valence-corrected chi connectivity index (χ1v) is 6.66. The van der Waals surface area contributed by atoms with Crippen molar-refractivity contribution in [3.8, 4) is 0 Å². The van der Waals surface area contributed by atoms with Crippen LogP contribution in [0.4, 0.5) is 0 Å². The largest absolute Gasteiger partial charge is 0.385 e. The van der Waals surface area contributed by atoms with Gasteiger partial charge >= 0.3 is 0 Å². The van der Waals surface area contributed by atoms with Gasteiger partial charge in [-0.05, 0) is 19.4 Å². The summed E-state index contributed by atoms with van der Waals surface area (Å²) in [6.07, 6.45) is 4.54.